The number of H-pyrrole nitrogens is 1. The molecule has 2 aromatic heterocycles. The van der Waals surface area contributed by atoms with Crippen molar-refractivity contribution in [2.45, 2.75) is 19.6 Å². The van der Waals surface area contributed by atoms with Crippen LogP contribution >= 0.6 is 0 Å². The molecule has 0 saturated carbocycles. The zero-order valence-electron chi connectivity index (χ0n) is 21.1. The number of pyridine rings is 1. The number of aromatic nitrogens is 2. The van der Waals surface area contributed by atoms with Crippen molar-refractivity contribution in [3.63, 3.8) is 0 Å². The van der Waals surface area contributed by atoms with Gasteiger partial charge in [-0.1, -0.05) is 12.1 Å². The fourth-order valence-corrected chi connectivity index (χ4v) is 4.42. The van der Waals surface area contributed by atoms with Gasteiger partial charge in [0.15, 0.2) is 0 Å². The van der Waals surface area contributed by atoms with E-state index in [0.717, 1.165) is 11.5 Å². The fraction of sp³-hybridized carbons (Fsp3) is 0.250. The number of aromatic amines is 1. The Kier molecular flexibility index (Phi) is 7.36. The van der Waals surface area contributed by atoms with Crippen LogP contribution in [-0.2, 0) is 17.5 Å². The average Bonchev–Trinajstić information content (AvgIpc) is 3.39. The number of fused-ring (bicyclic) bond motifs is 1. The number of rotatable bonds is 6. The van der Waals surface area contributed by atoms with E-state index in [1.807, 2.05) is 4.90 Å². The summed E-state index contributed by atoms with van der Waals surface area (Å²) in [5.74, 6) is -1.01. The molecule has 3 heterocycles. The van der Waals surface area contributed by atoms with Crippen molar-refractivity contribution in [3.8, 4) is 0 Å². The van der Waals surface area contributed by atoms with Crippen molar-refractivity contribution in [1.82, 2.24) is 14.9 Å². The quantitative estimate of drug-likeness (QED) is 0.313. The first-order chi connectivity index (χ1) is 18.7. The molecule has 1 saturated heterocycles. The summed E-state index contributed by atoms with van der Waals surface area (Å²) in [5, 5.41) is 6.12. The number of hydrogen-bond donors (Lipinski definition) is 3. The third kappa shape index (κ3) is 6.10. The number of carbonyl (C=O) groups excluding carboxylic acids is 2. The minimum atomic E-state index is -4.58. The summed E-state index contributed by atoms with van der Waals surface area (Å²) in [4.78, 5) is 34.9. The number of aryl methyl sites for hydroxylation is 1. The smallest absolute Gasteiger partial charge is 0.379 e. The van der Waals surface area contributed by atoms with E-state index in [2.05, 4.69) is 20.6 Å². The molecular formula is C28H26F3N5O3. The van der Waals surface area contributed by atoms with E-state index in [4.69, 9.17) is 4.74 Å². The number of carbonyl (C=O) groups is 2. The number of alkyl halides is 3. The largest absolute Gasteiger partial charge is 0.416 e. The lowest BCUT2D eigenvalue weighted by atomic mass is 10.0. The van der Waals surface area contributed by atoms with Gasteiger partial charge in [-0.05, 0) is 54.4 Å². The predicted molar refractivity (Wildman–Crippen MR) is 141 cm³/mol. The van der Waals surface area contributed by atoms with E-state index < -0.39 is 23.6 Å². The number of nitrogens with one attached hydrogen (secondary N) is 3. The number of morpholine rings is 1. The minimum absolute atomic E-state index is 0.0232. The Morgan fingerprint density at radius 1 is 1.00 bits per heavy atom. The SMILES string of the molecule is Cc1ccc(C(=O)Nc2ccc(CN3CCOCC3)c(C(F)(F)F)c2)cc1NC(=O)c1cnc2[nH]ccc2c1. The van der Waals surface area contributed by atoms with Gasteiger partial charge in [0.05, 0.1) is 24.3 Å². The fourth-order valence-electron chi connectivity index (χ4n) is 4.42. The van der Waals surface area contributed by atoms with Crippen LogP contribution in [0.2, 0.25) is 0 Å². The number of anilines is 2. The molecule has 4 aromatic rings. The van der Waals surface area contributed by atoms with Crippen molar-refractivity contribution in [3.05, 3.63) is 88.7 Å². The van der Waals surface area contributed by atoms with Crippen LogP contribution in [0.1, 0.15) is 37.4 Å². The second-order valence-electron chi connectivity index (χ2n) is 9.34. The molecule has 11 heteroatoms. The molecule has 1 aliphatic heterocycles. The number of hydrogen-bond acceptors (Lipinski definition) is 5. The van der Waals surface area contributed by atoms with Crippen molar-refractivity contribution < 1.29 is 27.5 Å². The number of nitrogens with zero attached hydrogens (tertiary/aromatic N) is 2. The molecule has 3 N–H and O–H groups in total. The zero-order valence-corrected chi connectivity index (χ0v) is 21.1. The van der Waals surface area contributed by atoms with Crippen LogP contribution in [0.3, 0.4) is 0 Å². The van der Waals surface area contributed by atoms with Crippen LogP contribution < -0.4 is 10.6 Å². The monoisotopic (exact) mass is 537 g/mol. The predicted octanol–water partition coefficient (Wildman–Crippen LogP) is 5.23. The summed E-state index contributed by atoms with van der Waals surface area (Å²) in [6, 6.07) is 12.0. The summed E-state index contributed by atoms with van der Waals surface area (Å²) in [6.07, 6.45) is -1.41. The summed E-state index contributed by atoms with van der Waals surface area (Å²) in [7, 11) is 0. The second kappa shape index (κ2) is 10.9. The highest BCUT2D eigenvalue weighted by Gasteiger charge is 2.34. The molecule has 0 aliphatic carbocycles. The highest BCUT2D eigenvalue weighted by molar-refractivity contribution is 6.08. The van der Waals surface area contributed by atoms with Gasteiger partial charge in [-0.15, -0.1) is 0 Å². The Balaban J connectivity index is 1.32. The van der Waals surface area contributed by atoms with Gasteiger partial charge in [0.1, 0.15) is 5.65 Å². The number of amides is 2. The molecule has 2 aromatic carbocycles. The van der Waals surface area contributed by atoms with Crippen LogP contribution in [0.25, 0.3) is 11.0 Å². The number of benzene rings is 2. The van der Waals surface area contributed by atoms with Crippen LogP contribution in [0.15, 0.2) is 60.9 Å². The molecule has 0 radical (unpaired) electrons. The Morgan fingerprint density at radius 2 is 1.77 bits per heavy atom. The van der Waals surface area contributed by atoms with Crippen molar-refractivity contribution in [2.24, 2.45) is 0 Å². The van der Waals surface area contributed by atoms with Gasteiger partial charge in [0.25, 0.3) is 11.8 Å². The van der Waals surface area contributed by atoms with E-state index in [9.17, 15) is 22.8 Å². The minimum Gasteiger partial charge on any atom is -0.379 e. The van der Waals surface area contributed by atoms with E-state index in [1.165, 1.54) is 24.4 Å². The lowest BCUT2D eigenvalue weighted by Gasteiger charge is -2.27. The van der Waals surface area contributed by atoms with Gasteiger partial charge in [0.2, 0.25) is 0 Å². The molecule has 1 fully saturated rings. The standard InChI is InChI=1S/C28H26F3N5O3/c1-17-2-3-19(13-24(17)35-27(38)21-12-18-6-7-32-25(18)33-15-21)26(37)34-22-5-4-20(23(14-22)28(29,30)31)16-36-8-10-39-11-9-36/h2-7,12-15H,8-11,16H2,1H3,(H,32,33)(H,34,37)(H,35,38). The Hall–Kier alpha value is -4.22. The van der Waals surface area contributed by atoms with E-state index in [1.54, 1.807) is 37.4 Å². The van der Waals surface area contributed by atoms with Gasteiger partial charge < -0.3 is 20.4 Å². The van der Waals surface area contributed by atoms with Crippen LogP contribution in [0, 0.1) is 6.92 Å². The molecule has 8 nitrogen and oxygen atoms in total. The van der Waals surface area contributed by atoms with Crippen LogP contribution in [0.4, 0.5) is 24.5 Å². The Bertz CT molecular complexity index is 1530. The molecule has 0 bridgehead atoms. The highest BCUT2D eigenvalue weighted by atomic mass is 19.4. The molecule has 0 atom stereocenters. The van der Waals surface area contributed by atoms with Crippen molar-refractivity contribution >= 4 is 34.2 Å². The normalized spacial score (nSPS) is 14.4. The molecule has 5 rings (SSSR count). The second-order valence-corrected chi connectivity index (χ2v) is 9.34. The van der Waals surface area contributed by atoms with Gasteiger partial charge in [-0.25, -0.2) is 4.98 Å². The lowest BCUT2D eigenvalue weighted by molar-refractivity contribution is -0.138. The first kappa shape index (κ1) is 26.4. The first-order valence-electron chi connectivity index (χ1n) is 12.3. The molecule has 39 heavy (non-hydrogen) atoms. The Labute approximate surface area is 222 Å². The van der Waals surface area contributed by atoms with Crippen molar-refractivity contribution in [2.75, 3.05) is 36.9 Å². The average molecular weight is 538 g/mol. The molecule has 0 spiro atoms. The molecule has 2 amide bonds. The molecular weight excluding hydrogens is 511 g/mol. The molecule has 1 aliphatic rings. The Morgan fingerprint density at radius 3 is 2.54 bits per heavy atom. The van der Waals surface area contributed by atoms with E-state index >= 15 is 0 Å². The third-order valence-corrected chi connectivity index (χ3v) is 6.58. The number of halogens is 3. The first-order valence-corrected chi connectivity index (χ1v) is 12.3. The van der Waals surface area contributed by atoms with Crippen LogP contribution in [-0.4, -0.2) is 53.0 Å². The number of ether oxygens (including phenoxy) is 1. The topological polar surface area (TPSA) is 99.4 Å². The van der Waals surface area contributed by atoms with Crippen molar-refractivity contribution in [1.29, 1.82) is 0 Å². The summed E-state index contributed by atoms with van der Waals surface area (Å²) in [6.45, 7) is 3.98. The molecule has 0 unspecified atom stereocenters. The third-order valence-electron chi connectivity index (χ3n) is 6.58. The zero-order chi connectivity index (χ0) is 27.6. The van der Waals surface area contributed by atoms with E-state index in [-0.39, 0.29) is 23.4 Å². The maximum Gasteiger partial charge on any atom is 0.416 e. The maximum absolute atomic E-state index is 13.9. The van der Waals surface area contributed by atoms with Gasteiger partial charge in [-0.2, -0.15) is 13.2 Å². The maximum atomic E-state index is 13.9. The van der Waals surface area contributed by atoms with E-state index in [0.29, 0.717) is 48.8 Å². The van der Waals surface area contributed by atoms with Gasteiger partial charge in [0, 0.05) is 54.4 Å². The summed E-state index contributed by atoms with van der Waals surface area (Å²) >= 11 is 0. The molecule has 202 valence electrons. The summed E-state index contributed by atoms with van der Waals surface area (Å²) in [5.41, 5.74) is 1.65. The van der Waals surface area contributed by atoms with Crippen LogP contribution in [0.5, 0.6) is 0 Å². The van der Waals surface area contributed by atoms with Gasteiger partial charge in [-0.3, -0.25) is 14.5 Å². The highest BCUT2D eigenvalue weighted by Crippen LogP contribution is 2.35. The lowest BCUT2D eigenvalue weighted by Crippen LogP contribution is -2.36. The summed E-state index contributed by atoms with van der Waals surface area (Å²) < 4.78 is 46.9. The van der Waals surface area contributed by atoms with Gasteiger partial charge >= 0.3 is 6.18 Å².